The number of methoxy groups -OCH3 is 1. The first-order chi connectivity index (χ1) is 8.56. The summed E-state index contributed by atoms with van der Waals surface area (Å²) in [6.07, 6.45) is 1.39. The van der Waals surface area contributed by atoms with E-state index in [-0.39, 0.29) is 18.0 Å². The van der Waals surface area contributed by atoms with E-state index in [4.69, 9.17) is 15.2 Å². The number of rotatable bonds is 7. The van der Waals surface area contributed by atoms with Crippen LogP contribution in [0.2, 0.25) is 0 Å². The van der Waals surface area contributed by atoms with Gasteiger partial charge in [-0.1, -0.05) is 6.92 Å². The molecule has 1 aromatic rings. The second-order valence-corrected chi connectivity index (χ2v) is 4.51. The average molecular weight is 255 g/mol. The van der Waals surface area contributed by atoms with Crippen LogP contribution < -0.4 is 10.5 Å². The molecule has 2 N–H and O–H groups in total. The molecule has 0 saturated carbocycles. The van der Waals surface area contributed by atoms with E-state index in [2.05, 4.69) is 0 Å². The largest absolute Gasteiger partial charge is 0.488 e. The maximum absolute atomic E-state index is 13.3. The molecule has 1 rings (SSSR count). The first-order valence-corrected chi connectivity index (χ1v) is 6.26. The first kappa shape index (κ1) is 14.9. The van der Waals surface area contributed by atoms with E-state index in [0.717, 1.165) is 12.0 Å². The van der Waals surface area contributed by atoms with Crippen molar-refractivity contribution in [3.8, 4) is 5.75 Å². The van der Waals surface area contributed by atoms with Gasteiger partial charge in [0.05, 0.1) is 6.61 Å². The highest BCUT2D eigenvalue weighted by atomic mass is 19.1. The number of halogens is 1. The molecule has 1 aromatic carbocycles. The van der Waals surface area contributed by atoms with Crippen molar-refractivity contribution in [1.29, 1.82) is 0 Å². The minimum absolute atomic E-state index is 0.0203. The second kappa shape index (κ2) is 7.34. The highest BCUT2D eigenvalue weighted by Crippen LogP contribution is 2.22. The van der Waals surface area contributed by atoms with Gasteiger partial charge in [-0.2, -0.15) is 0 Å². The Labute approximate surface area is 108 Å². The third kappa shape index (κ3) is 4.63. The molecule has 0 saturated heterocycles. The summed E-state index contributed by atoms with van der Waals surface area (Å²) < 4.78 is 24.0. The van der Waals surface area contributed by atoms with Crippen molar-refractivity contribution in [2.24, 2.45) is 5.73 Å². The molecule has 0 heterocycles. The van der Waals surface area contributed by atoms with Crippen molar-refractivity contribution in [2.45, 2.75) is 38.8 Å². The Kier molecular flexibility index (Phi) is 6.09. The average Bonchev–Trinajstić information content (AvgIpc) is 2.33. The third-order valence-corrected chi connectivity index (χ3v) is 2.76. The SMILES string of the molecule is CCC(N)Cc1cc(F)ccc1OC(C)COC. The summed E-state index contributed by atoms with van der Waals surface area (Å²) in [7, 11) is 1.62. The van der Waals surface area contributed by atoms with Crippen LogP contribution in [0.15, 0.2) is 18.2 Å². The van der Waals surface area contributed by atoms with Gasteiger partial charge in [0.1, 0.15) is 17.7 Å². The van der Waals surface area contributed by atoms with Crippen LogP contribution in [0, 0.1) is 5.82 Å². The van der Waals surface area contributed by atoms with Gasteiger partial charge in [-0.25, -0.2) is 4.39 Å². The second-order valence-electron chi connectivity index (χ2n) is 4.51. The Bertz CT molecular complexity index is 371. The van der Waals surface area contributed by atoms with Crippen molar-refractivity contribution in [3.05, 3.63) is 29.6 Å². The van der Waals surface area contributed by atoms with Gasteiger partial charge in [-0.05, 0) is 43.5 Å². The molecule has 0 aromatic heterocycles. The fourth-order valence-electron chi connectivity index (χ4n) is 1.73. The summed E-state index contributed by atoms with van der Waals surface area (Å²) in [5.74, 6) is 0.421. The molecule has 2 atom stereocenters. The zero-order valence-corrected chi connectivity index (χ0v) is 11.3. The Morgan fingerprint density at radius 1 is 1.39 bits per heavy atom. The predicted octanol–water partition coefficient (Wildman–Crippen LogP) is 2.52. The van der Waals surface area contributed by atoms with Crippen LogP contribution in [-0.2, 0) is 11.2 Å². The van der Waals surface area contributed by atoms with Crippen LogP contribution in [0.25, 0.3) is 0 Å². The molecule has 18 heavy (non-hydrogen) atoms. The van der Waals surface area contributed by atoms with Gasteiger partial charge >= 0.3 is 0 Å². The normalized spacial score (nSPS) is 14.3. The van der Waals surface area contributed by atoms with Gasteiger partial charge in [0, 0.05) is 13.2 Å². The molecule has 3 nitrogen and oxygen atoms in total. The number of hydrogen-bond donors (Lipinski definition) is 1. The van der Waals surface area contributed by atoms with E-state index in [9.17, 15) is 4.39 Å². The van der Waals surface area contributed by atoms with E-state index in [1.807, 2.05) is 13.8 Å². The first-order valence-electron chi connectivity index (χ1n) is 6.26. The molecule has 0 aliphatic carbocycles. The zero-order chi connectivity index (χ0) is 13.5. The van der Waals surface area contributed by atoms with Gasteiger partial charge in [-0.15, -0.1) is 0 Å². The molecule has 0 fully saturated rings. The lowest BCUT2D eigenvalue weighted by molar-refractivity contribution is 0.0913. The third-order valence-electron chi connectivity index (χ3n) is 2.76. The molecule has 0 aliphatic rings. The van der Waals surface area contributed by atoms with Gasteiger partial charge in [0.2, 0.25) is 0 Å². The number of ether oxygens (including phenoxy) is 2. The number of benzene rings is 1. The van der Waals surface area contributed by atoms with Crippen molar-refractivity contribution >= 4 is 0 Å². The lowest BCUT2D eigenvalue weighted by Gasteiger charge is -2.18. The Hall–Kier alpha value is -1.13. The lowest BCUT2D eigenvalue weighted by atomic mass is 10.0. The number of nitrogens with two attached hydrogens (primary N) is 1. The molecule has 2 unspecified atom stereocenters. The Balaban J connectivity index is 2.82. The van der Waals surface area contributed by atoms with Gasteiger partial charge in [0.25, 0.3) is 0 Å². The minimum atomic E-state index is -0.264. The van der Waals surface area contributed by atoms with Crippen molar-refractivity contribution in [1.82, 2.24) is 0 Å². The quantitative estimate of drug-likeness (QED) is 0.814. The fourth-order valence-corrected chi connectivity index (χ4v) is 1.73. The summed E-state index contributed by atoms with van der Waals surface area (Å²) in [5.41, 5.74) is 6.72. The molecule has 0 bridgehead atoms. The van der Waals surface area contributed by atoms with E-state index in [1.54, 1.807) is 13.2 Å². The standard InChI is InChI=1S/C14H22FNO2/c1-4-13(16)8-11-7-12(15)5-6-14(11)18-10(2)9-17-3/h5-7,10,13H,4,8-9,16H2,1-3H3. The van der Waals surface area contributed by atoms with Crippen LogP contribution in [0.5, 0.6) is 5.75 Å². The van der Waals surface area contributed by atoms with E-state index >= 15 is 0 Å². The molecule has 4 heteroatoms. The minimum Gasteiger partial charge on any atom is -0.488 e. The summed E-state index contributed by atoms with van der Waals surface area (Å²) in [6, 6.07) is 4.56. The molecule has 0 radical (unpaired) electrons. The monoisotopic (exact) mass is 255 g/mol. The molecular weight excluding hydrogens is 233 g/mol. The topological polar surface area (TPSA) is 44.5 Å². The Morgan fingerprint density at radius 3 is 2.72 bits per heavy atom. The summed E-state index contributed by atoms with van der Waals surface area (Å²) >= 11 is 0. The summed E-state index contributed by atoms with van der Waals surface area (Å²) in [5, 5.41) is 0. The maximum atomic E-state index is 13.3. The van der Waals surface area contributed by atoms with Crippen LogP contribution in [-0.4, -0.2) is 25.9 Å². The zero-order valence-electron chi connectivity index (χ0n) is 11.3. The van der Waals surface area contributed by atoms with Crippen LogP contribution in [0.3, 0.4) is 0 Å². The molecule has 0 amide bonds. The van der Waals surface area contributed by atoms with Crippen molar-refractivity contribution in [2.75, 3.05) is 13.7 Å². The molecule has 0 aliphatic heterocycles. The van der Waals surface area contributed by atoms with Crippen LogP contribution >= 0.6 is 0 Å². The van der Waals surface area contributed by atoms with Crippen molar-refractivity contribution < 1.29 is 13.9 Å². The highest BCUT2D eigenvalue weighted by molar-refractivity contribution is 5.34. The Morgan fingerprint density at radius 2 is 2.11 bits per heavy atom. The fraction of sp³-hybridized carbons (Fsp3) is 0.571. The summed E-state index contributed by atoms with van der Waals surface area (Å²) in [6.45, 7) is 4.42. The predicted molar refractivity (Wildman–Crippen MR) is 70.3 cm³/mol. The van der Waals surface area contributed by atoms with Gasteiger partial charge < -0.3 is 15.2 Å². The maximum Gasteiger partial charge on any atom is 0.123 e. The summed E-state index contributed by atoms with van der Waals surface area (Å²) in [4.78, 5) is 0. The smallest absolute Gasteiger partial charge is 0.123 e. The highest BCUT2D eigenvalue weighted by Gasteiger charge is 2.12. The van der Waals surface area contributed by atoms with E-state index < -0.39 is 0 Å². The van der Waals surface area contributed by atoms with Gasteiger partial charge in [-0.3, -0.25) is 0 Å². The molecular formula is C14H22FNO2. The molecule has 102 valence electrons. The van der Waals surface area contributed by atoms with Gasteiger partial charge in [0.15, 0.2) is 0 Å². The number of hydrogen-bond acceptors (Lipinski definition) is 3. The van der Waals surface area contributed by atoms with Crippen LogP contribution in [0.4, 0.5) is 4.39 Å². The molecule has 0 spiro atoms. The van der Waals surface area contributed by atoms with E-state index in [1.165, 1.54) is 12.1 Å². The van der Waals surface area contributed by atoms with E-state index in [0.29, 0.717) is 18.8 Å². The lowest BCUT2D eigenvalue weighted by Crippen LogP contribution is -2.23. The van der Waals surface area contributed by atoms with Crippen molar-refractivity contribution in [3.63, 3.8) is 0 Å². The van der Waals surface area contributed by atoms with Crippen LogP contribution in [0.1, 0.15) is 25.8 Å².